The summed E-state index contributed by atoms with van der Waals surface area (Å²) in [6.45, 7) is 4.53. The lowest BCUT2D eigenvalue weighted by Gasteiger charge is -2.24. The van der Waals surface area contributed by atoms with Crippen molar-refractivity contribution in [3.05, 3.63) is 0 Å². The molecule has 80 heavy (non-hydrogen) atoms. The van der Waals surface area contributed by atoms with Crippen LogP contribution < -0.4 is 0 Å². The van der Waals surface area contributed by atoms with Crippen LogP contribution in [0.5, 0.6) is 0 Å². The molecule has 478 valence electrons. The smallest absolute Gasteiger partial charge is 0.462 e. The summed E-state index contributed by atoms with van der Waals surface area (Å²) in [6, 6.07) is 0. The topological polar surface area (TPSA) is 108 Å². The molecule has 0 saturated carbocycles. The lowest BCUT2D eigenvalue weighted by atomic mass is 10.0. The van der Waals surface area contributed by atoms with Crippen LogP contribution in [-0.2, 0) is 32.7 Å². The fourth-order valence-corrected chi connectivity index (χ4v) is 11.9. The van der Waals surface area contributed by atoms with Crippen LogP contribution in [0.2, 0.25) is 0 Å². The molecule has 0 radical (unpaired) electrons. The number of carbonyl (C=O) groups is 2. The fourth-order valence-electron chi connectivity index (χ4n) is 11.1. The quantitative estimate of drug-likeness (QED) is 0.0278. The Morgan fingerprint density at radius 3 is 0.800 bits per heavy atom. The van der Waals surface area contributed by atoms with Crippen molar-refractivity contribution in [2.45, 2.75) is 392 Å². The molecule has 10 heteroatoms. The number of phosphoric ester groups is 1. The zero-order valence-electron chi connectivity index (χ0n) is 54.6. The van der Waals surface area contributed by atoms with Crippen LogP contribution in [0.3, 0.4) is 0 Å². The van der Waals surface area contributed by atoms with Crippen molar-refractivity contribution in [1.29, 1.82) is 0 Å². The highest BCUT2D eigenvalue weighted by Gasteiger charge is 2.27. The Morgan fingerprint density at radius 2 is 0.562 bits per heavy atom. The van der Waals surface area contributed by atoms with E-state index in [1.54, 1.807) is 0 Å². The van der Waals surface area contributed by atoms with Crippen LogP contribution in [0.4, 0.5) is 0 Å². The van der Waals surface area contributed by atoms with Gasteiger partial charge in [-0.2, -0.15) is 0 Å². The number of hydrogen-bond acceptors (Lipinski definition) is 7. The maximum absolute atomic E-state index is 12.9. The molecule has 0 aliphatic carbocycles. The van der Waals surface area contributed by atoms with Crippen LogP contribution in [0.15, 0.2) is 0 Å². The van der Waals surface area contributed by atoms with Gasteiger partial charge >= 0.3 is 19.8 Å². The summed E-state index contributed by atoms with van der Waals surface area (Å²) >= 11 is 0. The molecule has 1 N–H and O–H groups in total. The number of hydrogen-bond donors (Lipinski definition) is 1. The number of carbonyl (C=O) groups excluding carboxylic acids is 2. The molecule has 0 fully saturated rings. The summed E-state index contributed by atoms with van der Waals surface area (Å²) in [5.41, 5.74) is 0. The maximum Gasteiger partial charge on any atom is 0.472 e. The van der Waals surface area contributed by atoms with Crippen molar-refractivity contribution >= 4 is 19.8 Å². The van der Waals surface area contributed by atoms with Gasteiger partial charge in [0.1, 0.15) is 19.8 Å². The fraction of sp³-hybridized carbons (Fsp3) is 0.971. The number of nitrogens with zero attached hydrogens (tertiary/aromatic N) is 1. The van der Waals surface area contributed by atoms with E-state index < -0.39 is 26.5 Å². The third kappa shape index (κ3) is 66.2. The molecular weight excluding hydrogens is 1010 g/mol. The Balaban J connectivity index is 3.96. The molecule has 0 aliphatic rings. The zero-order chi connectivity index (χ0) is 58.4. The summed E-state index contributed by atoms with van der Waals surface area (Å²) in [5.74, 6) is -0.767. The zero-order valence-corrected chi connectivity index (χ0v) is 55.5. The number of rotatable bonds is 68. The van der Waals surface area contributed by atoms with E-state index in [0.717, 1.165) is 38.5 Å². The normalized spacial score (nSPS) is 13.0. The Hall–Kier alpha value is -0.990. The summed E-state index contributed by atoms with van der Waals surface area (Å²) in [5, 5.41) is 0. The van der Waals surface area contributed by atoms with Gasteiger partial charge in [0.25, 0.3) is 0 Å². The third-order valence-electron chi connectivity index (χ3n) is 16.6. The lowest BCUT2D eigenvalue weighted by Crippen LogP contribution is -2.37. The predicted molar refractivity (Wildman–Crippen MR) is 345 cm³/mol. The molecule has 0 aromatic heterocycles. The molecule has 9 nitrogen and oxygen atoms in total. The van der Waals surface area contributed by atoms with Crippen molar-refractivity contribution in [3.63, 3.8) is 0 Å². The van der Waals surface area contributed by atoms with Gasteiger partial charge < -0.3 is 18.9 Å². The van der Waals surface area contributed by atoms with Gasteiger partial charge in [0.15, 0.2) is 6.10 Å². The number of ether oxygens (including phenoxy) is 2. The van der Waals surface area contributed by atoms with E-state index in [1.807, 2.05) is 21.1 Å². The van der Waals surface area contributed by atoms with E-state index in [-0.39, 0.29) is 25.6 Å². The molecule has 0 rings (SSSR count). The summed E-state index contributed by atoms with van der Waals surface area (Å²) < 4.78 is 34.8. The Morgan fingerprint density at radius 1 is 0.338 bits per heavy atom. The van der Waals surface area contributed by atoms with Crippen LogP contribution in [0.25, 0.3) is 0 Å². The van der Waals surface area contributed by atoms with Crippen LogP contribution in [-0.4, -0.2) is 74.9 Å². The molecule has 0 aromatic rings. The molecule has 0 aromatic carbocycles. The van der Waals surface area contributed by atoms with Gasteiger partial charge in [-0.25, -0.2) is 4.57 Å². The highest BCUT2D eigenvalue weighted by Crippen LogP contribution is 2.43. The van der Waals surface area contributed by atoms with Crippen molar-refractivity contribution < 1.29 is 42.1 Å². The van der Waals surface area contributed by atoms with Crippen LogP contribution >= 0.6 is 7.82 Å². The minimum Gasteiger partial charge on any atom is -0.462 e. The number of unbranched alkanes of at least 4 members (excludes halogenated alkanes) is 54. The van der Waals surface area contributed by atoms with Gasteiger partial charge in [-0.05, 0) is 12.8 Å². The average molecular weight is 1160 g/mol. The predicted octanol–water partition coefficient (Wildman–Crippen LogP) is 22.9. The molecule has 0 aliphatic heterocycles. The SMILES string of the molecule is CCCCCCCCCCCCCCCCCCCCCCCCCCCCCCCC(=O)OC(COC(=O)CCCCCCCCCCCCCCCCCCCCCCCCCCCCC)COP(=O)(O)OCC[N+](C)(C)C. The molecule has 0 bridgehead atoms. The summed E-state index contributed by atoms with van der Waals surface area (Å²) in [4.78, 5) is 35.9. The molecule has 0 heterocycles. The summed E-state index contributed by atoms with van der Waals surface area (Å²) in [6.07, 6.45) is 75.1. The van der Waals surface area contributed by atoms with Crippen molar-refractivity contribution in [2.75, 3.05) is 47.5 Å². The molecule has 0 saturated heterocycles. The van der Waals surface area contributed by atoms with Gasteiger partial charge in [-0.1, -0.05) is 361 Å². The first-order chi connectivity index (χ1) is 39.0. The molecule has 0 spiro atoms. The molecule has 2 unspecified atom stereocenters. The lowest BCUT2D eigenvalue weighted by molar-refractivity contribution is -0.870. The largest absolute Gasteiger partial charge is 0.472 e. The second kappa shape index (κ2) is 62.5. The first kappa shape index (κ1) is 79.0. The van der Waals surface area contributed by atoms with Gasteiger partial charge in [-0.3, -0.25) is 18.6 Å². The van der Waals surface area contributed by atoms with Gasteiger partial charge in [0.05, 0.1) is 27.7 Å². The third-order valence-corrected chi connectivity index (χ3v) is 17.6. The monoisotopic (exact) mass is 1160 g/mol. The van der Waals surface area contributed by atoms with Crippen LogP contribution in [0.1, 0.15) is 386 Å². The van der Waals surface area contributed by atoms with E-state index in [0.29, 0.717) is 17.4 Å². The highest BCUT2D eigenvalue weighted by atomic mass is 31.2. The Bertz CT molecular complexity index is 1310. The van der Waals surface area contributed by atoms with E-state index in [9.17, 15) is 19.0 Å². The second-order valence-electron chi connectivity index (χ2n) is 26.0. The van der Waals surface area contributed by atoms with E-state index in [2.05, 4.69) is 13.8 Å². The van der Waals surface area contributed by atoms with Crippen molar-refractivity contribution in [2.24, 2.45) is 0 Å². The first-order valence-electron chi connectivity index (χ1n) is 35.8. The Labute approximate surface area is 499 Å². The van der Waals surface area contributed by atoms with E-state index in [4.69, 9.17) is 18.5 Å². The minimum atomic E-state index is -4.38. The second-order valence-corrected chi connectivity index (χ2v) is 27.5. The first-order valence-corrected chi connectivity index (χ1v) is 37.3. The molecule has 0 amide bonds. The van der Waals surface area contributed by atoms with E-state index >= 15 is 0 Å². The van der Waals surface area contributed by atoms with Gasteiger partial charge in [0, 0.05) is 12.8 Å². The van der Waals surface area contributed by atoms with Crippen molar-refractivity contribution in [3.8, 4) is 0 Å². The van der Waals surface area contributed by atoms with Crippen molar-refractivity contribution in [1.82, 2.24) is 0 Å². The maximum atomic E-state index is 12.9. The standard InChI is InChI=1S/C70H140NO8P/c1-6-8-10-12-14-16-18-20-22-24-26-28-30-32-34-35-37-39-41-43-45-47-49-51-53-55-57-59-61-63-70(73)79-68(67-78-80(74,75)77-65-64-71(3,4)5)66-76-69(72)62-60-58-56-54-52-50-48-46-44-42-40-38-36-33-31-29-27-25-23-21-19-17-15-13-11-9-7-2/h68H,6-67H2,1-5H3/p+1. The van der Waals surface area contributed by atoms with E-state index in [1.165, 1.54) is 321 Å². The number of esters is 2. The highest BCUT2D eigenvalue weighted by molar-refractivity contribution is 7.47. The van der Waals surface area contributed by atoms with Gasteiger partial charge in [-0.15, -0.1) is 0 Å². The number of phosphoric acid groups is 1. The molecule has 2 atom stereocenters. The molecular formula is C70H141NO8P+. The minimum absolute atomic E-state index is 0.0377. The average Bonchev–Trinajstić information content (AvgIpc) is 3.42. The number of likely N-dealkylation sites (N-methyl/N-ethyl adjacent to an activating group) is 1. The summed E-state index contributed by atoms with van der Waals surface area (Å²) in [7, 11) is 1.51. The van der Waals surface area contributed by atoms with Gasteiger partial charge in [0.2, 0.25) is 0 Å². The number of quaternary nitrogens is 1. The Kier molecular flexibility index (Phi) is 61.8. The van der Waals surface area contributed by atoms with Crippen LogP contribution in [0, 0.1) is 0 Å².